The van der Waals surface area contributed by atoms with Crippen LogP contribution in [0.1, 0.15) is 50.5 Å². The minimum atomic E-state index is -0.945. The third-order valence-electron chi connectivity index (χ3n) is 6.82. The lowest BCUT2D eigenvalue weighted by Gasteiger charge is -2.42. The Morgan fingerprint density at radius 2 is 1.94 bits per heavy atom. The molecule has 0 bridgehead atoms. The van der Waals surface area contributed by atoms with Gasteiger partial charge in [-0.2, -0.15) is 0 Å². The minimum Gasteiger partial charge on any atom is -0.486 e. The van der Waals surface area contributed by atoms with E-state index in [2.05, 4.69) is 5.32 Å². The number of carbonyl (C=O) groups is 2. The lowest BCUT2D eigenvalue weighted by molar-refractivity contribution is -0.136. The van der Waals surface area contributed by atoms with Crippen molar-refractivity contribution in [3.63, 3.8) is 0 Å². The van der Waals surface area contributed by atoms with E-state index in [1.54, 1.807) is 11.0 Å². The van der Waals surface area contributed by atoms with Crippen LogP contribution in [0.5, 0.6) is 5.75 Å². The van der Waals surface area contributed by atoms with Gasteiger partial charge in [0.15, 0.2) is 0 Å². The van der Waals surface area contributed by atoms with Crippen LogP contribution in [0.15, 0.2) is 35.9 Å². The lowest BCUT2D eigenvalue weighted by Crippen LogP contribution is -2.56. The van der Waals surface area contributed by atoms with E-state index in [-0.39, 0.29) is 25.0 Å². The fraction of sp³-hybridized carbons (Fsp3) is 0.583. The smallest absolute Gasteiger partial charge is 0.247 e. The predicted molar refractivity (Wildman–Crippen MR) is 116 cm³/mol. The summed E-state index contributed by atoms with van der Waals surface area (Å²) in [6, 6.07) is 6.86. The number of nitrogens with zero attached hydrogens (tertiary/aromatic N) is 1. The Morgan fingerprint density at radius 3 is 2.65 bits per heavy atom. The molecule has 3 aliphatic rings. The van der Waals surface area contributed by atoms with Crippen molar-refractivity contribution in [2.75, 3.05) is 19.7 Å². The molecule has 1 aromatic carbocycles. The standard InChI is InChI=1S/C24H32N2O5/c1-15(28)26(14-16-7-3-2-4-8-16)19-13-18(24(30)25-11-12-27)21-17-9-5-6-10-20(17)31-23(21)22(19)29/h5-6,9-10,13,16,19,21-23,27,29H,2-4,7-8,11-12,14H2,1H3,(H,25,30)/t19-,21+,22+,23+/m1/s1. The molecule has 1 aromatic rings. The Kier molecular flexibility index (Phi) is 6.62. The zero-order valence-electron chi connectivity index (χ0n) is 18.0. The van der Waals surface area contributed by atoms with E-state index in [1.165, 1.54) is 13.3 Å². The van der Waals surface area contributed by atoms with E-state index >= 15 is 0 Å². The number of carbonyl (C=O) groups excluding carboxylic acids is 2. The van der Waals surface area contributed by atoms with Crippen LogP contribution in [0.2, 0.25) is 0 Å². The highest BCUT2D eigenvalue weighted by Crippen LogP contribution is 2.47. The molecule has 1 aliphatic heterocycles. The van der Waals surface area contributed by atoms with E-state index in [1.807, 2.05) is 24.3 Å². The molecule has 2 aliphatic carbocycles. The van der Waals surface area contributed by atoms with Crippen molar-refractivity contribution >= 4 is 11.8 Å². The molecule has 168 valence electrons. The van der Waals surface area contributed by atoms with E-state index in [4.69, 9.17) is 9.84 Å². The summed E-state index contributed by atoms with van der Waals surface area (Å²) in [5, 5.41) is 23.2. The molecular weight excluding hydrogens is 396 g/mol. The third kappa shape index (κ3) is 4.34. The first-order valence-electron chi connectivity index (χ1n) is 11.3. The maximum Gasteiger partial charge on any atom is 0.247 e. The highest BCUT2D eigenvalue weighted by molar-refractivity contribution is 5.96. The Morgan fingerprint density at radius 1 is 1.19 bits per heavy atom. The van der Waals surface area contributed by atoms with Gasteiger partial charge in [0.05, 0.1) is 18.6 Å². The molecule has 1 fully saturated rings. The van der Waals surface area contributed by atoms with Crippen LogP contribution in [-0.2, 0) is 9.59 Å². The molecule has 1 heterocycles. The molecule has 7 nitrogen and oxygen atoms in total. The summed E-state index contributed by atoms with van der Waals surface area (Å²) in [5.74, 6) is 0.228. The molecule has 1 saturated carbocycles. The van der Waals surface area contributed by atoms with Crippen molar-refractivity contribution in [2.45, 2.75) is 63.2 Å². The number of aliphatic hydroxyl groups is 2. The van der Waals surface area contributed by atoms with Crippen molar-refractivity contribution in [3.8, 4) is 5.75 Å². The number of rotatable bonds is 6. The topological polar surface area (TPSA) is 99.1 Å². The number of aliphatic hydroxyl groups excluding tert-OH is 2. The van der Waals surface area contributed by atoms with Gasteiger partial charge in [-0.15, -0.1) is 0 Å². The van der Waals surface area contributed by atoms with Crippen molar-refractivity contribution < 1.29 is 24.5 Å². The first-order valence-corrected chi connectivity index (χ1v) is 11.3. The number of benzene rings is 1. The highest BCUT2D eigenvalue weighted by Gasteiger charge is 2.50. The Balaban J connectivity index is 1.68. The number of hydrogen-bond donors (Lipinski definition) is 3. The van der Waals surface area contributed by atoms with Gasteiger partial charge in [-0.25, -0.2) is 0 Å². The Bertz CT molecular complexity index is 848. The lowest BCUT2D eigenvalue weighted by atomic mass is 9.77. The average molecular weight is 429 g/mol. The van der Waals surface area contributed by atoms with Gasteiger partial charge in [-0.3, -0.25) is 9.59 Å². The van der Waals surface area contributed by atoms with Gasteiger partial charge in [0.1, 0.15) is 18.0 Å². The van der Waals surface area contributed by atoms with Crippen LogP contribution in [0.4, 0.5) is 0 Å². The molecule has 0 saturated heterocycles. The van der Waals surface area contributed by atoms with Crippen molar-refractivity contribution in [2.24, 2.45) is 5.92 Å². The molecule has 0 radical (unpaired) electrons. The largest absolute Gasteiger partial charge is 0.486 e. The molecule has 7 heteroatoms. The zero-order valence-corrected chi connectivity index (χ0v) is 18.0. The summed E-state index contributed by atoms with van der Waals surface area (Å²) < 4.78 is 6.10. The Labute approximate surface area is 183 Å². The summed E-state index contributed by atoms with van der Waals surface area (Å²) in [5.41, 5.74) is 1.34. The number of hydrogen-bond acceptors (Lipinski definition) is 5. The van der Waals surface area contributed by atoms with Crippen molar-refractivity contribution in [1.82, 2.24) is 10.2 Å². The number of nitrogens with one attached hydrogen (secondary N) is 1. The van der Waals surface area contributed by atoms with Gasteiger partial charge >= 0.3 is 0 Å². The fourth-order valence-corrected chi connectivity index (χ4v) is 5.30. The molecule has 4 rings (SSSR count). The molecule has 0 spiro atoms. The highest BCUT2D eigenvalue weighted by atomic mass is 16.5. The number of fused-ring (bicyclic) bond motifs is 3. The van der Waals surface area contributed by atoms with Crippen molar-refractivity contribution in [3.05, 3.63) is 41.5 Å². The van der Waals surface area contributed by atoms with Gasteiger partial charge in [-0.05, 0) is 30.9 Å². The van der Waals surface area contributed by atoms with Crippen molar-refractivity contribution in [1.29, 1.82) is 0 Å². The summed E-state index contributed by atoms with van der Waals surface area (Å²) in [4.78, 5) is 27.4. The Hall–Kier alpha value is -2.38. The minimum absolute atomic E-state index is 0.116. The third-order valence-corrected chi connectivity index (χ3v) is 6.82. The van der Waals surface area contributed by atoms with Crippen LogP contribution in [0, 0.1) is 5.92 Å². The molecule has 2 amide bonds. The van der Waals surface area contributed by atoms with Crippen LogP contribution in [-0.4, -0.2) is 64.9 Å². The van der Waals surface area contributed by atoms with Gasteiger partial charge in [0.2, 0.25) is 11.8 Å². The monoisotopic (exact) mass is 428 g/mol. The summed E-state index contributed by atoms with van der Waals surface area (Å²) in [6.45, 7) is 2.07. The van der Waals surface area contributed by atoms with E-state index < -0.39 is 24.2 Å². The van der Waals surface area contributed by atoms with Gasteiger partial charge in [0.25, 0.3) is 0 Å². The second-order valence-electron chi connectivity index (χ2n) is 8.86. The fourth-order valence-electron chi connectivity index (χ4n) is 5.30. The average Bonchev–Trinajstić information content (AvgIpc) is 3.17. The predicted octanol–water partition coefficient (Wildman–Crippen LogP) is 1.74. The second kappa shape index (κ2) is 9.40. The van der Waals surface area contributed by atoms with E-state index in [0.717, 1.165) is 31.2 Å². The summed E-state index contributed by atoms with van der Waals surface area (Å²) in [6.07, 6.45) is 5.87. The molecule has 0 unspecified atom stereocenters. The van der Waals surface area contributed by atoms with Crippen LogP contribution in [0.25, 0.3) is 0 Å². The molecule has 31 heavy (non-hydrogen) atoms. The second-order valence-corrected chi connectivity index (χ2v) is 8.86. The number of amides is 2. The molecule has 0 aromatic heterocycles. The molecular formula is C24H32N2O5. The summed E-state index contributed by atoms with van der Waals surface area (Å²) in [7, 11) is 0. The van der Waals surface area contributed by atoms with Crippen LogP contribution >= 0.6 is 0 Å². The SMILES string of the molecule is CC(=O)N(CC1CCCCC1)[C@@H]1C=C(C(=O)NCCO)[C@@H]2c3ccccc3O[C@@H]2[C@H]1O. The van der Waals surface area contributed by atoms with Gasteiger partial charge in [0, 0.05) is 31.1 Å². The van der Waals surface area contributed by atoms with Crippen LogP contribution in [0.3, 0.4) is 0 Å². The van der Waals surface area contributed by atoms with E-state index in [0.29, 0.717) is 23.8 Å². The van der Waals surface area contributed by atoms with Crippen LogP contribution < -0.4 is 10.1 Å². The maximum absolute atomic E-state index is 13.0. The first kappa shape index (κ1) is 21.8. The molecule has 4 atom stereocenters. The molecule has 3 N–H and O–H groups in total. The zero-order chi connectivity index (χ0) is 22.0. The maximum atomic E-state index is 13.0. The number of ether oxygens (including phenoxy) is 1. The van der Waals surface area contributed by atoms with Gasteiger partial charge < -0.3 is 25.2 Å². The number of para-hydroxylation sites is 1. The first-order chi connectivity index (χ1) is 15.0. The normalized spacial score (nSPS) is 27.5. The summed E-state index contributed by atoms with van der Waals surface area (Å²) >= 11 is 0. The quantitative estimate of drug-likeness (QED) is 0.641. The van der Waals surface area contributed by atoms with Gasteiger partial charge in [-0.1, -0.05) is 37.5 Å². The van der Waals surface area contributed by atoms with E-state index in [9.17, 15) is 14.7 Å².